The van der Waals surface area contributed by atoms with E-state index >= 15 is 0 Å². The van der Waals surface area contributed by atoms with Gasteiger partial charge in [-0.05, 0) is 65.8 Å². The first-order chi connectivity index (χ1) is 22.6. The molecule has 2 amide bonds. The van der Waals surface area contributed by atoms with Gasteiger partial charge in [-0.1, -0.05) is 117 Å². The summed E-state index contributed by atoms with van der Waals surface area (Å²) in [5.41, 5.74) is 2.95. The van der Waals surface area contributed by atoms with Gasteiger partial charge in [0.2, 0.25) is 11.8 Å². The fourth-order valence-corrected chi connectivity index (χ4v) is 7.64. The summed E-state index contributed by atoms with van der Waals surface area (Å²) in [7, 11) is -4.16. The SMILES string of the molecule is CC(C)c1ccc(N(CC(=O)N(Cc2ccccc2Cl)[C@@H](Cc2ccccc2)C(=O)NC2CCCC2)S(=O)(=O)c2ccccc2)cc1. The van der Waals surface area contributed by atoms with E-state index in [1.807, 2.05) is 54.6 Å². The van der Waals surface area contributed by atoms with Crippen molar-refractivity contribution in [1.29, 1.82) is 0 Å². The van der Waals surface area contributed by atoms with Gasteiger partial charge >= 0.3 is 0 Å². The van der Waals surface area contributed by atoms with Crippen LogP contribution in [0.1, 0.15) is 62.1 Å². The summed E-state index contributed by atoms with van der Waals surface area (Å²) in [6.07, 6.45) is 4.11. The van der Waals surface area contributed by atoms with E-state index in [1.165, 1.54) is 17.0 Å². The molecule has 0 unspecified atom stereocenters. The molecular formula is C38H42ClN3O4S. The van der Waals surface area contributed by atoms with E-state index in [0.717, 1.165) is 41.1 Å². The molecule has 0 aromatic heterocycles. The van der Waals surface area contributed by atoms with E-state index in [-0.39, 0.29) is 35.7 Å². The van der Waals surface area contributed by atoms with Gasteiger partial charge in [-0.2, -0.15) is 0 Å². The van der Waals surface area contributed by atoms with Crippen molar-refractivity contribution in [3.63, 3.8) is 0 Å². The van der Waals surface area contributed by atoms with Gasteiger partial charge in [0.15, 0.2) is 0 Å². The second-order valence-corrected chi connectivity index (χ2v) is 14.6. The highest BCUT2D eigenvalue weighted by molar-refractivity contribution is 7.92. The van der Waals surface area contributed by atoms with Gasteiger partial charge in [0.25, 0.3) is 10.0 Å². The minimum absolute atomic E-state index is 0.0274. The lowest BCUT2D eigenvalue weighted by Gasteiger charge is -2.34. The van der Waals surface area contributed by atoms with Gasteiger partial charge in [-0.25, -0.2) is 8.42 Å². The molecule has 0 bridgehead atoms. The topological polar surface area (TPSA) is 86.8 Å². The highest BCUT2D eigenvalue weighted by Crippen LogP contribution is 2.28. The number of hydrogen-bond donors (Lipinski definition) is 1. The molecule has 1 N–H and O–H groups in total. The van der Waals surface area contributed by atoms with Gasteiger partial charge < -0.3 is 10.2 Å². The molecule has 5 rings (SSSR count). The van der Waals surface area contributed by atoms with Gasteiger partial charge in [0.05, 0.1) is 10.6 Å². The molecule has 1 saturated carbocycles. The van der Waals surface area contributed by atoms with Crippen LogP contribution in [0.2, 0.25) is 5.02 Å². The highest BCUT2D eigenvalue weighted by atomic mass is 35.5. The Labute approximate surface area is 283 Å². The smallest absolute Gasteiger partial charge is 0.264 e. The standard InChI is InChI=1S/C38H42ClN3O4S/c1-28(2)30-21-23-33(24-22-30)42(47(45,46)34-18-7-4-8-19-34)27-37(43)41(26-31-15-9-12-20-35(31)39)36(25-29-13-5-3-6-14-29)38(44)40-32-16-10-11-17-32/h3-9,12-15,18-24,28,32,36H,10-11,16-17,25-27H2,1-2H3,(H,40,44)/t36-/m0/s1. The van der Waals surface area contributed by atoms with Crippen LogP contribution >= 0.6 is 11.6 Å². The van der Waals surface area contributed by atoms with Crippen LogP contribution in [0.4, 0.5) is 5.69 Å². The van der Waals surface area contributed by atoms with Crippen LogP contribution in [0.25, 0.3) is 0 Å². The van der Waals surface area contributed by atoms with Crippen LogP contribution in [-0.4, -0.2) is 43.8 Å². The number of carbonyl (C=O) groups is 2. The fourth-order valence-electron chi connectivity index (χ4n) is 6.01. The number of nitrogens with one attached hydrogen (secondary N) is 1. The van der Waals surface area contributed by atoms with Crippen LogP contribution in [0.3, 0.4) is 0 Å². The van der Waals surface area contributed by atoms with Crippen molar-refractivity contribution in [3.05, 3.63) is 131 Å². The van der Waals surface area contributed by atoms with Crippen molar-refractivity contribution in [3.8, 4) is 0 Å². The largest absolute Gasteiger partial charge is 0.352 e. The number of sulfonamides is 1. The highest BCUT2D eigenvalue weighted by Gasteiger charge is 2.35. The van der Waals surface area contributed by atoms with Crippen LogP contribution in [0.15, 0.2) is 114 Å². The lowest BCUT2D eigenvalue weighted by Crippen LogP contribution is -2.54. The van der Waals surface area contributed by atoms with E-state index in [0.29, 0.717) is 16.3 Å². The van der Waals surface area contributed by atoms with Crippen molar-refractivity contribution in [2.24, 2.45) is 0 Å². The number of carbonyl (C=O) groups excluding carboxylic acids is 2. The Morgan fingerprint density at radius 2 is 1.43 bits per heavy atom. The number of anilines is 1. The second-order valence-electron chi connectivity index (χ2n) is 12.4. The van der Waals surface area contributed by atoms with Gasteiger partial charge in [0.1, 0.15) is 12.6 Å². The zero-order valence-corrected chi connectivity index (χ0v) is 28.5. The van der Waals surface area contributed by atoms with Crippen LogP contribution in [-0.2, 0) is 32.6 Å². The third kappa shape index (κ3) is 8.62. The third-order valence-corrected chi connectivity index (χ3v) is 10.9. The molecule has 9 heteroatoms. The molecule has 0 aliphatic heterocycles. The molecule has 0 saturated heterocycles. The first-order valence-corrected chi connectivity index (χ1v) is 18.0. The summed E-state index contributed by atoms with van der Waals surface area (Å²) in [5, 5.41) is 3.65. The number of benzene rings is 4. The zero-order chi connectivity index (χ0) is 33.4. The molecule has 0 radical (unpaired) electrons. The first kappa shape index (κ1) is 34.2. The second kappa shape index (κ2) is 15.6. The lowest BCUT2D eigenvalue weighted by molar-refractivity contribution is -0.140. The van der Waals surface area contributed by atoms with Gasteiger partial charge in [-0.15, -0.1) is 0 Å². The monoisotopic (exact) mass is 671 g/mol. The fraction of sp³-hybridized carbons (Fsp3) is 0.316. The molecule has 7 nitrogen and oxygen atoms in total. The number of nitrogens with zero attached hydrogens (tertiary/aromatic N) is 2. The Morgan fingerprint density at radius 1 is 0.830 bits per heavy atom. The molecule has 47 heavy (non-hydrogen) atoms. The van der Waals surface area contributed by atoms with Gasteiger partial charge in [-0.3, -0.25) is 13.9 Å². The Kier molecular flexibility index (Phi) is 11.4. The maximum atomic E-state index is 14.7. The molecule has 1 fully saturated rings. The lowest BCUT2D eigenvalue weighted by atomic mass is 10.0. The Bertz CT molecular complexity index is 1740. The average molecular weight is 672 g/mol. The van der Waals surface area contributed by atoms with Crippen molar-refractivity contribution in [2.45, 2.75) is 75.4 Å². The molecule has 1 atom stereocenters. The van der Waals surface area contributed by atoms with E-state index in [9.17, 15) is 18.0 Å². The minimum Gasteiger partial charge on any atom is -0.352 e. The summed E-state index contributed by atoms with van der Waals surface area (Å²) < 4.78 is 29.5. The Hall–Kier alpha value is -4.14. The zero-order valence-electron chi connectivity index (χ0n) is 26.9. The Balaban J connectivity index is 1.57. The van der Waals surface area contributed by atoms with E-state index in [2.05, 4.69) is 19.2 Å². The van der Waals surface area contributed by atoms with Crippen LogP contribution < -0.4 is 9.62 Å². The third-order valence-electron chi connectivity index (χ3n) is 8.73. The van der Waals surface area contributed by atoms with Gasteiger partial charge in [0, 0.05) is 24.0 Å². The van der Waals surface area contributed by atoms with E-state index < -0.39 is 28.5 Å². The summed E-state index contributed by atoms with van der Waals surface area (Å²) >= 11 is 6.60. The van der Waals surface area contributed by atoms with Crippen molar-refractivity contribution < 1.29 is 18.0 Å². The van der Waals surface area contributed by atoms with Crippen molar-refractivity contribution >= 4 is 39.1 Å². The van der Waals surface area contributed by atoms with Crippen LogP contribution in [0, 0.1) is 0 Å². The van der Waals surface area contributed by atoms with E-state index in [4.69, 9.17) is 11.6 Å². The van der Waals surface area contributed by atoms with E-state index in [1.54, 1.807) is 42.5 Å². The maximum Gasteiger partial charge on any atom is 0.264 e. The quantitative estimate of drug-likeness (QED) is 0.161. The Morgan fingerprint density at radius 3 is 2.04 bits per heavy atom. The van der Waals surface area contributed by atoms with Crippen LogP contribution in [0.5, 0.6) is 0 Å². The molecular weight excluding hydrogens is 630 g/mol. The number of amides is 2. The average Bonchev–Trinajstić information content (AvgIpc) is 3.60. The summed E-state index contributed by atoms with van der Waals surface area (Å²) in [4.78, 5) is 30.4. The molecule has 246 valence electrons. The summed E-state index contributed by atoms with van der Waals surface area (Å²) in [6, 6.07) is 31.2. The first-order valence-electron chi connectivity index (χ1n) is 16.2. The number of rotatable bonds is 13. The minimum atomic E-state index is -4.16. The summed E-state index contributed by atoms with van der Waals surface area (Å²) in [6.45, 7) is 3.64. The summed E-state index contributed by atoms with van der Waals surface area (Å²) in [5.74, 6) is -0.534. The predicted molar refractivity (Wildman–Crippen MR) is 188 cm³/mol. The maximum absolute atomic E-state index is 14.7. The van der Waals surface area contributed by atoms with Crippen molar-refractivity contribution in [1.82, 2.24) is 10.2 Å². The molecule has 0 spiro atoms. The number of halogens is 1. The predicted octanol–water partition coefficient (Wildman–Crippen LogP) is 7.36. The number of hydrogen-bond acceptors (Lipinski definition) is 4. The molecule has 1 aliphatic rings. The molecule has 4 aromatic rings. The van der Waals surface area contributed by atoms with Crippen molar-refractivity contribution in [2.75, 3.05) is 10.8 Å². The molecule has 4 aromatic carbocycles. The molecule has 0 heterocycles. The normalized spacial score (nSPS) is 14.1. The molecule has 1 aliphatic carbocycles.